The minimum atomic E-state index is -0.133. The van der Waals surface area contributed by atoms with Crippen molar-refractivity contribution in [3.05, 3.63) is 30.1 Å². The molecule has 1 saturated heterocycles. The maximum atomic E-state index is 12.8. The lowest BCUT2D eigenvalue weighted by Crippen LogP contribution is -3.14. The van der Waals surface area contributed by atoms with Crippen molar-refractivity contribution in [2.24, 2.45) is 0 Å². The number of amides is 1. The van der Waals surface area contributed by atoms with Crippen molar-refractivity contribution in [3.8, 4) is 0 Å². The van der Waals surface area contributed by atoms with Crippen molar-refractivity contribution in [1.29, 1.82) is 0 Å². The first-order valence-electron chi connectivity index (χ1n) is 8.61. The molecule has 1 fully saturated rings. The summed E-state index contributed by atoms with van der Waals surface area (Å²) in [4.78, 5) is 25.4. The van der Waals surface area contributed by atoms with Crippen LogP contribution in [0.4, 0.5) is 0 Å². The fourth-order valence-corrected chi connectivity index (χ4v) is 4.19. The van der Waals surface area contributed by atoms with E-state index in [1.54, 1.807) is 16.7 Å². The molecule has 0 unspecified atom stereocenters. The number of likely N-dealkylation sites (N-methyl/N-ethyl adjacent to an activating group) is 1. The summed E-state index contributed by atoms with van der Waals surface area (Å²) in [5.74, 6) is 0.964. The van der Waals surface area contributed by atoms with Crippen molar-refractivity contribution in [3.63, 3.8) is 0 Å². The van der Waals surface area contributed by atoms with Gasteiger partial charge in [-0.2, -0.15) is 0 Å². The van der Waals surface area contributed by atoms with Crippen LogP contribution in [0.3, 0.4) is 0 Å². The van der Waals surface area contributed by atoms with Gasteiger partial charge in [-0.15, -0.1) is 0 Å². The highest BCUT2D eigenvalue weighted by molar-refractivity contribution is 8.00. The maximum absolute atomic E-state index is 12.8. The van der Waals surface area contributed by atoms with Gasteiger partial charge in [0.1, 0.15) is 10.9 Å². The second-order valence-electron chi connectivity index (χ2n) is 6.28. The Kier molecular flexibility index (Phi) is 5.36. The molecule has 0 aliphatic carbocycles. The Morgan fingerprint density at radius 3 is 2.71 bits per heavy atom. The van der Waals surface area contributed by atoms with Crippen LogP contribution < -0.4 is 4.90 Å². The van der Waals surface area contributed by atoms with Crippen LogP contribution in [0.15, 0.2) is 29.3 Å². The van der Waals surface area contributed by atoms with Crippen LogP contribution >= 0.6 is 11.8 Å². The molecule has 128 valence electrons. The second-order valence-corrected chi connectivity index (χ2v) is 7.61. The number of quaternary nitrogens is 1. The van der Waals surface area contributed by atoms with E-state index in [9.17, 15) is 4.79 Å². The van der Waals surface area contributed by atoms with Gasteiger partial charge in [0, 0.05) is 5.39 Å². The van der Waals surface area contributed by atoms with Crippen molar-refractivity contribution >= 4 is 28.6 Å². The summed E-state index contributed by atoms with van der Waals surface area (Å²) in [7, 11) is 0. The summed E-state index contributed by atoms with van der Waals surface area (Å²) in [6, 6.07) is 7.99. The van der Waals surface area contributed by atoms with E-state index in [1.165, 1.54) is 0 Å². The summed E-state index contributed by atoms with van der Waals surface area (Å²) < 4.78 is 0. The van der Waals surface area contributed by atoms with Crippen LogP contribution in [0.5, 0.6) is 0 Å². The quantitative estimate of drug-likeness (QED) is 0.668. The zero-order valence-corrected chi connectivity index (χ0v) is 15.4. The van der Waals surface area contributed by atoms with E-state index in [1.807, 2.05) is 43.0 Å². The molecule has 1 aliphatic rings. The number of nitrogens with zero attached hydrogens (tertiary/aromatic N) is 3. The van der Waals surface area contributed by atoms with Crippen molar-refractivity contribution in [1.82, 2.24) is 14.9 Å². The van der Waals surface area contributed by atoms with Crippen LogP contribution in [0.25, 0.3) is 10.9 Å². The number of para-hydroxylation sites is 1. The summed E-state index contributed by atoms with van der Waals surface area (Å²) in [5, 5.41) is 1.79. The van der Waals surface area contributed by atoms with E-state index < -0.39 is 0 Å². The third-order valence-electron chi connectivity index (χ3n) is 4.60. The standard InChI is InChI=1S/C18H24N4OS/c1-4-21-9-11-22(12-10-21)18(23)13(2)24-17-15-7-5-6-8-16(15)19-14(3)20-17/h5-8,13H,4,9-12H2,1-3H3/p+1/t13-/m1/s1. The largest absolute Gasteiger partial charge is 0.332 e. The van der Waals surface area contributed by atoms with E-state index in [0.717, 1.165) is 54.5 Å². The molecule has 1 aromatic heterocycles. The normalized spacial score (nSPS) is 17.2. The number of rotatable bonds is 4. The molecule has 1 atom stereocenters. The molecule has 1 aromatic carbocycles. The molecule has 1 aliphatic heterocycles. The van der Waals surface area contributed by atoms with Crippen molar-refractivity contribution in [2.75, 3.05) is 32.7 Å². The van der Waals surface area contributed by atoms with E-state index >= 15 is 0 Å². The van der Waals surface area contributed by atoms with Gasteiger partial charge >= 0.3 is 0 Å². The van der Waals surface area contributed by atoms with Gasteiger partial charge in [-0.25, -0.2) is 9.97 Å². The lowest BCUT2D eigenvalue weighted by atomic mass is 10.2. The van der Waals surface area contributed by atoms with Crippen LogP contribution in [-0.2, 0) is 4.79 Å². The molecule has 2 heterocycles. The fraction of sp³-hybridized carbons (Fsp3) is 0.500. The van der Waals surface area contributed by atoms with Gasteiger partial charge in [0.2, 0.25) is 5.91 Å². The maximum Gasteiger partial charge on any atom is 0.236 e. The first kappa shape index (κ1) is 17.2. The predicted octanol–water partition coefficient (Wildman–Crippen LogP) is 1.17. The number of hydrogen-bond acceptors (Lipinski definition) is 4. The smallest absolute Gasteiger partial charge is 0.236 e. The highest BCUT2D eigenvalue weighted by Gasteiger charge is 2.27. The third kappa shape index (κ3) is 3.70. The van der Waals surface area contributed by atoms with Gasteiger partial charge in [-0.1, -0.05) is 30.0 Å². The summed E-state index contributed by atoms with van der Waals surface area (Å²) in [6.07, 6.45) is 0. The minimum Gasteiger partial charge on any atom is -0.332 e. The van der Waals surface area contributed by atoms with Gasteiger partial charge in [0.15, 0.2) is 0 Å². The number of hydrogen-bond donors (Lipinski definition) is 1. The number of nitrogens with one attached hydrogen (secondary N) is 1. The molecule has 5 nitrogen and oxygen atoms in total. The Morgan fingerprint density at radius 2 is 2.00 bits per heavy atom. The molecular weight excluding hydrogens is 320 g/mol. The first-order valence-corrected chi connectivity index (χ1v) is 9.49. The van der Waals surface area contributed by atoms with Crippen LogP contribution in [0, 0.1) is 6.92 Å². The van der Waals surface area contributed by atoms with Gasteiger partial charge in [0.25, 0.3) is 0 Å². The van der Waals surface area contributed by atoms with Crippen LogP contribution in [0.2, 0.25) is 0 Å². The molecular formula is C18H25N4OS+. The number of fused-ring (bicyclic) bond motifs is 1. The van der Waals surface area contributed by atoms with Crippen LogP contribution in [0.1, 0.15) is 19.7 Å². The van der Waals surface area contributed by atoms with E-state index in [-0.39, 0.29) is 11.2 Å². The molecule has 6 heteroatoms. The predicted molar refractivity (Wildman–Crippen MR) is 97.4 cm³/mol. The molecule has 24 heavy (non-hydrogen) atoms. The Bertz CT molecular complexity index is 728. The third-order valence-corrected chi connectivity index (χ3v) is 5.69. The number of aryl methyl sites for hydroxylation is 1. The minimum absolute atomic E-state index is 0.133. The van der Waals surface area contributed by atoms with Crippen LogP contribution in [-0.4, -0.2) is 58.7 Å². The van der Waals surface area contributed by atoms with Crippen molar-refractivity contribution < 1.29 is 9.69 Å². The number of carbonyl (C=O) groups is 1. The molecule has 0 saturated carbocycles. The van der Waals surface area contributed by atoms with E-state index in [2.05, 4.69) is 16.9 Å². The Morgan fingerprint density at radius 1 is 1.29 bits per heavy atom. The average molecular weight is 345 g/mol. The summed E-state index contributed by atoms with van der Waals surface area (Å²) >= 11 is 1.55. The lowest BCUT2D eigenvalue weighted by Gasteiger charge is -2.33. The van der Waals surface area contributed by atoms with E-state index in [4.69, 9.17) is 0 Å². The summed E-state index contributed by atoms with van der Waals surface area (Å²) in [6.45, 7) is 11.0. The van der Waals surface area contributed by atoms with E-state index in [0.29, 0.717) is 0 Å². The molecule has 0 bridgehead atoms. The lowest BCUT2D eigenvalue weighted by molar-refractivity contribution is -0.902. The van der Waals surface area contributed by atoms with Gasteiger partial charge in [-0.3, -0.25) is 4.79 Å². The van der Waals surface area contributed by atoms with Crippen molar-refractivity contribution in [2.45, 2.75) is 31.0 Å². The SMILES string of the molecule is CC[NH+]1CCN(C(=O)[C@@H](C)Sc2nc(C)nc3ccccc23)CC1. The summed E-state index contributed by atoms with van der Waals surface area (Å²) in [5.41, 5.74) is 0.937. The highest BCUT2D eigenvalue weighted by Crippen LogP contribution is 2.29. The van der Waals surface area contributed by atoms with Gasteiger partial charge in [0.05, 0.1) is 43.5 Å². The molecule has 0 radical (unpaired) electrons. The Balaban J connectivity index is 1.73. The zero-order chi connectivity index (χ0) is 17.1. The zero-order valence-electron chi connectivity index (χ0n) is 14.6. The number of piperazine rings is 1. The Labute approximate surface area is 147 Å². The average Bonchev–Trinajstić information content (AvgIpc) is 2.61. The molecule has 0 spiro atoms. The fourth-order valence-electron chi connectivity index (χ4n) is 3.12. The molecule has 1 N–H and O–H groups in total. The number of aromatic nitrogens is 2. The first-order chi connectivity index (χ1) is 11.6. The number of carbonyl (C=O) groups excluding carboxylic acids is 1. The topological polar surface area (TPSA) is 50.5 Å². The molecule has 3 rings (SSSR count). The molecule has 2 aromatic rings. The highest BCUT2D eigenvalue weighted by atomic mass is 32.2. The van der Waals surface area contributed by atoms with Gasteiger partial charge < -0.3 is 9.80 Å². The number of benzene rings is 1. The number of thioether (sulfide) groups is 1. The molecule has 1 amide bonds. The Hall–Kier alpha value is -1.66. The van der Waals surface area contributed by atoms with Gasteiger partial charge in [-0.05, 0) is 26.8 Å². The monoisotopic (exact) mass is 345 g/mol. The second kappa shape index (κ2) is 7.49.